The molecule has 2 atom stereocenters. The monoisotopic (exact) mass is 240 g/mol. The maximum atomic E-state index is 5.57. The van der Waals surface area contributed by atoms with Crippen LogP contribution in [0.1, 0.15) is 36.5 Å². The molecule has 1 aliphatic heterocycles. The summed E-state index contributed by atoms with van der Waals surface area (Å²) in [6, 6.07) is 0.371. The topological polar surface area (TPSA) is 34.2 Å². The molecule has 90 valence electrons. The van der Waals surface area contributed by atoms with Crippen molar-refractivity contribution in [2.75, 3.05) is 19.8 Å². The Bertz CT molecular complexity index is 321. The van der Waals surface area contributed by atoms with Crippen LogP contribution in [-0.4, -0.2) is 24.7 Å². The SMILES string of the molecule is CCNC(c1csc(C)n1)C1CCCOC1. The minimum absolute atomic E-state index is 0.371. The molecule has 1 aromatic rings. The number of aryl methyl sites for hydroxylation is 1. The zero-order chi connectivity index (χ0) is 11.4. The predicted molar refractivity (Wildman–Crippen MR) is 66.8 cm³/mol. The Hall–Kier alpha value is -0.450. The van der Waals surface area contributed by atoms with E-state index in [-0.39, 0.29) is 0 Å². The number of ether oxygens (including phenoxy) is 1. The molecular weight excluding hydrogens is 220 g/mol. The fourth-order valence-corrected chi connectivity index (χ4v) is 2.93. The molecular formula is C12H20N2OS. The maximum absolute atomic E-state index is 5.57. The van der Waals surface area contributed by atoms with Crippen LogP contribution in [-0.2, 0) is 4.74 Å². The molecule has 0 amide bonds. The molecule has 0 radical (unpaired) electrons. The van der Waals surface area contributed by atoms with Gasteiger partial charge >= 0.3 is 0 Å². The lowest BCUT2D eigenvalue weighted by Crippen LogP contribution is -2.33. The fraction of sp³-hybridized carbons (Fsp3) is 0.750. The van der Waals surface area contributed by atoms with Crippen LogP contribution in [0.4, 0.5) is 0 Å². The summed E-state index contributed by atoms with van der Waals surface area (Å²) < 4.78 is 5.57. The summed E-state index contributed by atoms with van der Waals surface area (Å²) in [6.07, 6.45) is 2.42. The van der Waals surface area contributed by atoms with Crippen molar-refractivity contribution < 1.29 is 4.74 Å². The molecule has 1 saturated heterocycles. The fourth-order valence-electron chi connectivity index (χ4n) is 2.28. The van der Waals surface area contributed by atoms with Gasteiger partial charge in [-0.25, -0.2) is 4.98 Å². The Morgan fingerprint density at radius 3 is 3.12 bits per heavy atom. The molecule has 1 aromatic heterocycles. The van der Waals surface area contributed by atoms with Crippen LogP contribution in [0, 0.1) is 12.8 Å². The van der Waals surface area contributed by atoms with Crippen molar-refractivity contribution in [3.63, 3.8) is 0 Å². The first kappa shape index (κ1) is 12.0. The van der Waals surface area contributed by atoms with Gasteiger partial charge in [0.1, 0.15) is 0 Å². The second-order valence-corrected chi connectivity index (χ2v) is 5.37. The van der Waals surface area contributed by atoms with Crippen LogP contribution < -0.4 is 5.32 Å². The summed E-state index contributed by atoms with van der Waals surface area (Å²) in [4.78, 5) is 4.61. The van der Waals surface area contributed by atoms with E-state index < -0.39 is 0 Å². The predicted octanol–water partition coefficient (Wildman–Crippen LogP) is 2.53. The van der Waals surface area contributed by atoms with Crippen molar-refractivity contribution in [3.8, 4) is 0 Å². The highest BCUT2D eigenvalue weighted by molar-refractivity contribution is 7.09. The molecule has 1 N–H and O–H groups in total. The number of thiazole rings is 1. The molecule has 0 spiro atoms. The minimum Gasteiger partial charge on any atom is -0.381 e. The molecule has 1 aliphatic rings. The molecule has 1 fully saturated rings. The zero-order valence-electron chi connectivity index (χ0n) is 10.0. The number of hydrogen-bond donors (Lipinski definition) is 1. The van der Waals surface area contributed by atoms with Crippen molar-refractivity contribution in [3.05, 3.63) is 16.1 Å². The standard InChI is InChI=1S/C12H20N2OS/c1-3-13-12(10-5-4-6-15-7-10)11-8-16-9(2)14-11/h8,10,12-13H,3-7H2,1-2H3. The molecule has 3 nitrogen and oxygen atoms in total. The number of nitrogens with one attached hydrogen (secondary N) is 1. The zero-order valence-corrected chi connectivity index (χ0v) is 10.8. The molecule has 0 aromatic carbocycles. The summed E-state index contributed by atoms with van der Waals surface area (Å²) in [6.45, 7) is 6.99. The average Bonchev–Trinajstić information content (AvgIpc) is 2.74. The van der Waals surface area contributed by atoms with Crippen LogP contribution in [0.2, 0.25) is 0 Å². The summed E-state index contributed by atoms with van der Waals surface area (Å²) in [5, 5.41) is 6.87. The summed E-state index contributed by atoms with van der Waals surface area (Å²) >= 11 is 1.73. The number of hydrogen-bond acceptors (Lipinski definition) is 4. The van der Waals surface area contributed by atoms with E-state index in [0.717, 1.165) is 24.8 Å². The summed E-state index contributed by atoms with van der Waals surface area (Å²) in [7, 11) is 0. The van der Waals surface area contributed by atoms with Crippen molar-refractivity contribution in [2.24, 2.45) is 5.92 Å². The molecule has 0 saturated carbocycles. The normalized spacial score (nSPS) is 23.2. The molecule has 0 aliphatic carbocycles. The third-order valence-corrected chi connectivity index (χ3v) is 3.84. The van der Waals surface area contributed by atoms with Gasteiger partial charge in [-0.05, 0) is 26.3 Å². The van der Waals surface area contributed by atoms with E-state index >= 15 is 0 Å². The molecule has 4 heteroatoms. The first-order valence-electron chi connectivity index (χ1n) is 6.04. The third-order valence-electron chi connectivity index (χ3n) is 3.05. The van der Waals surface area contributed by atoms with Gasteiger partial charge in [-0.2, -0.15) is 0 Å². The lowest BCUT2D eigenvalue weighted by atomic mass is 9.92. The van der Waals surface area contributed by atoms with Crippen molar-refractivity contribution >= 4 is 11.3 Å². The minimum atomic E-state index is 0.371. The van der Waals surface area contributed by atoms with Crippen LogP contribution in [0.15, 0.2) is 5.38 Å². The van der Waals surface area contributed by atoms with Gasteiger partial charge in [0.05, 0.1) is 23.4 Å². The number of nitrogens with zero attached hydrogens (tertiary/aromatic N) is 1. The lowest BCUT2D eigenvalue weighted by molar-refractivity contribution is 0.0387. The second kappa shape index (κ2) is 5.75. The summed E-state index contributed by atoms with van der Waals surface area (Å²) in [5.74, 6) is 0.579. The summed E-state index contributed by atoms with van der Waals surface area (Å²) in [5.41, 5.74) is 1.19. The van der Waals surface area contributed by atoms with E-state index in [0.29, 0.717) is 12.0 Å². The van der Waals surface area contributed by atoms with Gasteiger partial charge in [0.15, 0.2) is 0 Å². The molecule has 2 heterocycles. The quantitative estimate of drug-likeness (QED) is 0.878. The van der Waals surface area contributed by atoms with Gasteiger partial charge in [0.2, 0.25) is 0 Å². The van der Waals surface area contributed by atoms with Crippen molar-refractivity contribution in [2.45, 2.75) is 32.7 Å². The lowest BCUT2D eigenvalue weighted by Gasteiger charge is -2.29. The van der Waals surface area contributed by atoms with E-state index in [9.17, 15) is 0 Å². The van der Waals surface area contributed by atoms with Gasteiger partial charge in [0.25, 0.3) is 0 Å². The van der Waals surface area contributed by atoms with E-state index in [4.69, 9.17) is 4.74 Å². The highest BCUT2D eigenvalue weighted by Gasteiger charge is 2.26. The largest absolute Gasteiger partial charge is 0.381 e. The van der Waals surface area contributed by atoms with Gasteiger partial charge in [-0.3, -0.25) is 0 Å². The van der Waals surface area contributed by atoms with Crippen LogP contribution in [0.3, 0.4) is 0 Å². The first-order chi connectivity index (χ1) is 7.81. The van der Waals surface area contributed by atoms with Crippen LogP contribution in [0.5, 0.6) is 0 Å². The van der Waals surface area contributed by atoms with Gasteiger partial charge in [0, 0.05) is 17.9 Å². The Labute approximate surface area is 101 Å². The Kier molecular flexibility index (Phi) is 4.32. The molecule has 2 unspecified atom stereocenters. The first-order valence-corrected chi connectivity index (χ1v) is 6.92. The van der Waals surface area contributed by atoms with E-state index in [1.54, 1.807) is 11.3 Å². The average molecular weight is 240 g/mol. The molecule has 0 bridgehead atoms. The Morgan fingerprint density at radius 2 is 2.56 bits per heavy atom. The van der Waals surface area contributed by atoms with Gasteiger partial charge in [-0.15, -0.1) is 11.3 Å². The Balaban J connectivity index is 2.09. The molecule has 16 heavy (non-hydrogen) atoms. The van der Waals surface area contributed by atoms with E-state index in [1.165, 1.54) is 18.5 Å². The van der Waals surface area contributed by atoms with Crippen LogP contribution >= 0.6 is 11.3 Å². The second-order valence-electron chi connectivity index (χ2n) is 4.30. The van der Waals surface area contributed by atoms with E-state index in [2.05, 4.69) is 29.5 Å². The van der Waals surface area contributed by atoms with Gasteiger partial charge in [-0.1, -0.05) is 6.92 Å². The maximum Gasteiger partial charge on any atom is 0.0898 e. The smallest absolute Gasteiger partial charge is 0.0898 e. The number of aromatic nitrogens is 1. The Morgan fingerprint density at radius 1 is 1.69 bits per heavy atom. The highest BCUT2D eigenvalue weighted by Crippen LogP contribution is 2.29. The third kappa shape index (κ3) is 2.81. The van der Waals surface area contributed by atoms with Crippen LogP contribution in [0.25, 0.3) is 0 Å². The molecule has 2 rings (SSSR count). The van der Waals surface area contributed by atoms with E-state index in [1.807, 2.05) is 0 Å². The van der Waals surface area contributed by atoms with Crippen molar-refractivity contribution in [1.29, 1.82) is 0 Å². The van der Waals surface area contributed by atoms with Gasteiger partial charge < -0.3 is 10.1 Å². The van der Waals surface area contributed by atoms with Crippen molar-refractivity contribution in [1.82, 2.24) is 10.3 Å². The number of rotatable bonds is 4. The highest BCUT2D eigenvalue weighted by atomic mass is 32.1.